The maximum absolute atomic E-state index is 5.89. The van der Waals surface area contributed by atoms with Gasteiger partial charge in [0.2, 0.25) is 0 Å². The van der Waals surface area contributed by atoms with Crippen LogP contribution in [0.3, 0.4) is 0 Å². The minimum absolute atomic E-state index is 0.455. The first-order valence-corrected chi connectivity index (χ1v) is 6.61. The Morgan fingerprint density at radius 2 is 1.79 bits per heavy atom. The summed E-state index contributed by atoms with van der Waals surface area (Å²) >= 11 is 5.89. The van der Waals surface area contributed by atoms with Crippen molar-refractivity contribution in [1.82, 2.24) is 19.8 Å². The first kappa shape index (κ1) is 12.1. The van der Waals surface area contributed by atoms with E-state index in [0.29, 0.717) is 5.15 Å². The number of fused-ring (bicyclic) bond motifs is 1. The second-order valence-electron chi connectivity index (χ2n) is 4.38. The van der Waals surface area contributed by atoms with E-state index in [4.69, 9.17) is 11.6 Å². The van der Waals surface area contributed by atoms with Crippen LogP contribution in [-0.4, -0.2) is 19.8 Å². The third-order valence-corrected chi connectivity index (χ3v) is 3.21. The van der Waals surface area contributed by atoms with Crippen LogP contribution < -0.4 is 0 Å². The maximum Gasteiger partial charge on any atom is 0.178 e. The molecule has 0 spiro atoms. The van der Waals surface area contributed by atoms with Gasteiger partial charge in [0.05, 0.1) is 0 Å². The van der Waals surface area contributed by atoms with Gasteiger partial charge in [-0.3, -0.25) is 0 Å². The van der Waals surface area contributed by atoms with Crippen LogP contribution in [0.2, 0.25) is 5.15 Å². The molecule has 0 amide bonds. The number of benzene rings is 1. The molecule has 2 aromatic heterocycles. The van der Waals surface area contributed by atoms with Gasteiger partial charge >= 0.3 is 0 Å². The van der Waals surface area contributed by atoms with E-state index in [1.165, 1.54) is 5.56 Å². The van der Waals surface area contributed by atoms with Crippen LogP contribution in [-0.2, 0) is 12.8 Å². The average Bonchev–Trinajstić information content (AvgIpc) is 2.83. The highest BCUT2D eigenvalue weighted by Gasteiger charge is 2.06. The summed E-state index contributed by atoms with van der Waals surface area (Å²) in [5, 5.41) is 12.9. The van der Waals surface area contributed by atoms with Crippen molar-refractivity contribution < 1.29 is 0 Å². The number of halogens is 1. The number of nitrogens with zero attached hydrogens (tertiary/aromatic N) is 4. The molecule has 0 unspecified atom stereocenters. The average molecular weight is 273 g/mol. The van der Waals surface area contributed by atoms with E-state index >= 15 is 0 Å². The molecule has 0 aliphatic rings. The fourth-order valence-corrected chi connectivity index (χ4v) is 2.20. The highest BCUT2D eigenvalue weighted by molar-refractivity contribution is 6.29. The van der Waals surface area contributed by atoms with Gasteiger partial charge in [0.1, 0.15) is 5.15 Å². The van der Waals surface area contributed by atoms with Crippen molar-refractivity contribution in [3.63, 3.8) is 0 Å². The van der Waals surface area contributed by atoms with Crippen LogP contribution in [0.1, 0.15) is 17.8 Å². The molecule has 0 fully saturated rings. The second-order valence-corrected chi connectivity index (χ2v) is 4.77. The number of aryl methyl sites for hydroxylation is 2. The molecular weight excluding hydrogens is 260 g/mol. The maximum atomic E-state index is 5.89. The van der Waals surface area contributed by atoms with Crippen LogP contribution in [0.15, 0.2) is 42.5 Å². The van der Waals surface area contributed by atoms with Crippen molar-refractivity contribution in [1.29, 1.82) is 0 Å². The first-order chi connectivity index (χ1) is 9.33. The zero-order valence-corrected chi connectivity index (χ0v) is 11.1. The Labute approximate surface area is 116 Å². The summed E-state index contributed by atoms with van der Waals surface area (Å²) in [4.78, 5) is 0. The molecule has 5 heteroatoms. The molecule has 0 saturated heterocycles. The van der Waals surface area contributed by atoms with E-state index in [2.05, 4.69) is 39.6 Å². The fraction of sp³-hybridized carbons (Fsp3) is 0.214. The zero-order chi connectivity index (χ0) is 13.1. The van der Waals surface area contributed by atoms with Crippen LogP contribution in [0.25, 0.3) is 5.65 Å². The van der Waals surface area contributed by atoms with Gasteiger partial charge in [0.15, 0.2) is 11.5 Å². The summed E-state index contributed by atoms with van der Waals surface area (Å²) in [7, 11) is 0. The first-order valence-electron chi connectivity index (χ1n) is 6.24. The van der Waals surface area contributed by atoms with Crippen molar-refractivity contribution in [3.05, 3.63) is 59.0 Å². The number of rotatable bonds is 4. The molecule has 3 aromatic rings. The summed E-state index contributed by atoms with van der Waals surface area (Å²) in [6.07, 6.45) is 2.87. The van der Waals surface area contributed by atoms with Crippen molar-refractivity contribution in [2.45, 2.75) is 19.3 Å². The molecule has 19 heavy (non-hydrogen) atoms. The number of hydrogen-bond acceptors (Lipinski definition) is 3. The van der Waals surface area contributed by atoms with E-state index in [0.717, 1.165) is 30.7 Å². The Morgan fingerprint density at radius 1 is 0.947 bits per heavy atom. The van der Waals surface area contributed by atoms with Gasteiger partial charge in [-0.2, -0.15) is 9.61 Å². The van der Waals surface area contributed by atoms with Crippen LogP contribution in [0.4, 0.5) is 0 Å². The molecule has 0 bridgehead atoms. The smallest absolute Gasteiger partial charge is 0.178 e. The summed E-state index contributed by atoms with van der Waals surface area (Å²) in [6.45, 7) is 0. The minimum Gasteiger partial charge on any atom is -0.196 e. The molecule has 0 radical (unpaired) electrons. The molecule has 0 atom stereocenters. The molecule has 2 heterocycles. The number of aromatic nitrogens is 4. The molecule has 4 nitrogen and oxygen atoms in total. The van der Waals surface area contributed by atoms with Gasteiger partial charge in [-0.15, -0.1) is 10.2 Å². The Morgan fingerprint density at radius 3 is 2.63 bits per heavy atom. The summed E-state index contributed by atoms with van der Waals surface area (Å²) < 4.78 is 1.72. The third kappa shape index (κ3) is 2.74. The minimum atomic E-state index is 0.455. The molecule has 1 aromatic carbocycles. The Balaban J connectivity index is 1.70. The van der Waals surface area contributed by atoms with Gasteiger partial charge in [-0.25, -0.2) is 0 Å². The van der Waals surface area contributed by atoms with Crippen molar-refractivity contribution >= 4 is 17.2 Å². The Bertz CT molecular complexity index is 678. The lowest BCUT2D eigenvalue weighted by molar-refractivity contribution is 0.732. The van der Waals surface area contributed by atoms with Crippen molar-refractivity contribution in [2.75, 3.05) is 0 Å². The Hall–Kier alpha value is -1.94. The lowest BCUT2D eigenvalue weighted by atomic mass is 10.1. The fourth-order valence-electron chi connectivity index (χ4n) is 2.06. The van der Waals surface area contributed by atoms with Gasteiger partial charge in [0, 0.05) is 6.42 Å². The molecule has 0 N–H and O–H groups in total. The predicted octanol–water partition coefficient (Wildman–Crippen LogP) is 2.95. The van der Waals surface area contributed by atoms with Crippen LogP contribution in [0, 0.1) is 0 Å². The number of hydrogen-bond donors (Lipinski definition) is 0. The summed E-state index contributed by atoms with van der Waals surface area (Å²) in [5.74, 6) is 0.855. The molecule has 0 saturated carbocycles. The van der Waals surface area contributed by atoms with Gasteiger partial charge < -0.3 is 0 Å². The van der Waals surface area contributed by atoms with Crippen molar-refractivity contribution in [2.24, 2.45) is 0 Å². The van der Waals surface area contributed by atoms with E-state index in [1.54, 1.807) is 10.6 Å². The molecular formula is C14H13ClN4. The predicted molar refractivity (Wildman–Crippen MR) is 74.3 cm³/mol. The van der Waals surface area contributed by atoms with Crippen LogP contribution in [0.5, 0.6) is 0 Å². The quantitative estimate of drug-likeness (QED) is 0.733. The summed E-state index contributed by atoms with van der Waals surface area (Å²) in [5.41, 5.74) is 2.07. The van der Waals surface area contributed by atoms with E-state index in [-0.39, 0.29) is 0 Å². The SMILES string of the molecule is Clc1ccc2nnc(CCCc3ccccc3)n2n1. The lowest BCUT2D eigenvalue weighted by Gasteiger charge is -2.01. The topological polar surface area (TPSA) is 43.1 Å². The van der Waals surface area contributed by atoms with Gasteiger partial charge in [-0.1, -0.05) is 41.9 Å². The molecule has 0 aliphatic heterocycles. The van der Waals surface area contributed by atoms with E-state index in [1.807, 2.05) is 12.1 Å². The van der Waals surface area contributed by atoms with E-state index < -0.39 is 0 Å². The van der Waals surface area contributed by atoms with Crippen LogP contribution >= 0.6 is 11.6 Å². The molecule has 3 rings (SSSR count). The lowest BCUT2D eigenvalue weighted by Crippen LogP contribution is -2.00. The highest BCUT2D eigenvalue weighted by atomic mass is 35.5. The highest BCUT2D eigenvalue weighted by Crippen LogP contribution is 2.10. The van der Waals surface area contributed by atoms with Gasteiger partial charge in [-0.05, 0) is 30.5 Å². The second kappa shape index (κ2) is 5.36. The summed E-state index contributed by atoms with van der Waals surface area (Å²) in [6, 6.07) is 14.0. The molecule has 0 aliphatic carbocycles. The third-order valence-electron chi connectivity index (χ3n) is 3.00. The van der Waals surface area contributed by atoms with Crippen molar-refractivity contribution in [3.8, 4) is 0 Å². The normalized spacial score (nSPS) is 11.0. The zero-order valence-electron chi connectivity index (χ0n) is 10.3. The standard InChI is InChI=1S/C14H13ClN4/c15-12-9-10-14-17-16-13(19(14)18-12)8-4-7-11-5-2-1-3-6-11/h1-3,5-6,9-10H,4,7-8H2. The van der Waals surface area contributed by atoms with Gasteiger partial charge in [0.25, 0.3) is 0 Å². The monoisotopic (exact) mass is 272 g/mol. The Kier molecular flexibility index (Phi) is 3.42. The van der Waals surface area contributed by atoms with E-state index in [9.17, 15) is 0 Å². The molecule has 96 valence electrons. The largest absolute Gasteiger partial charge is 0.196 e.